The normalized spacial score (nSPS) is 15.5. The number of pyridine rings is 1. The summed E-state index contributed by atoms with van der Waals surface area (Å²) in [5.41, 5.74) is 1.77. The molecule has 1 saturated heterocycles. The van der Waals surface area contributed by atoms with Crippen LogP contribution in [0.25, 0.3) is 0 Å². The predicted octanol–water partition coefficient (Wildman–Crippen LogP) is 2.88. The quantitative estimate of drug-likeness (QED) is 0.863. The molecular formula is C20H25N3O3. The minimum atomic E-state index is -0.226. The lowest BCUT2D eigenvalue weighted by Crippen LogP contribution is -2.35. The van der Waals surface area contributed by atoms with Gasteiger partial charge in [0.15, 0.2) is 6.61 Å². The van der Waals surface area contributed by atoms with Crippen molar-refractivity contribution in [3.63, 3.8) is 0 Å². The Kier molecular flexibility index (Phi) is 6.07. The molecule has 0 aliphatic carbocycles. The van der Waals surface area contributed by atoms with Crippen LogP contribution in [0.5, 0.6) is 11.6 Å². The zero-order valence-corrected chi connectivity index (χ0v) is 15.3. The molecule has 2 heterocycles. The van der Waals surface area contributed by atoms with Crippen molar-refractivity contribution in [3.05, 3.63) is 48.2 Å². The highest BCUT2D eigenvalue weighted by Crippen LogP contribution is 2.18. The number of nitrogens with zero attached hydrogens (tertiary/aromatic N) is 2. The second kappa shape index (κ2) is 8.67. The maximum atomic E-state index is 12.0. The molecule has 1 fully saturated rings. The molecule has 3 rings (SSSR count). The van der Waals surface area contributed by atoms with E-state index >= 15 is 0 Å². The van der Waals surface area contributed by atoms with Gasteiger partial charge in [0.1, 0.15) is 11.9 Å². The number of hydrogen-bond donors (Lipinski definition) is 1. The van der Waals surface area contributed by atoms with Gasteiger partial charge in [0, 0.05) is 19.2 Å². The first-order chi connectivity index (χ1) is 12.6. The lowest BCUT2D eigenvalue weighted by Gasteiger charge is -2.28. The van der Waals surface area contributed by atoms with Crippen molar-refractivity contribution in [3.8, 4) is 11.6 Å². The summed E-state index contributed by atoms with van der Waals surface area (Å²) in [4.78, 5) is 18.6. The van der Waals surface area contributed by atoms with Crippen molar-refractivity contribution in [2.75, 3.05) is 32.1 Å². The van der Waals surface area contributed by atoms with E-state index in [0.29, 0.717) is 17.3 Å². The highest BCUT2D eigenvalue weighted by molar-refractivity contribution is 5.91. The minimum absolute atomic E-state index is 0.0447. The molecule has 26 heavy (non-hydrogen) atoms. The topological polar surface area (TPSA) is 63.7 Å². The van der Waals surface area contributed by atoms with Crippen molar-refractivity contribution in [1.82, 2.24) is 9.88 Å². The predicted molar refractivity (Wildman–Crippen MR) is 101 cm³/mol. The van der Waals surface area contributed by atoms with Crippen LogP contribution in [0.4, 0.5) is 5.69 Å². The van der Waals surface area contributed by atoms with E-state index in [4.69, 9.17) is 9.47 Å². The van der Waals surface area contributed by atoms with Crippen molar-refractivity contribution < 1.29 is 14.3 Å². The Bertz CT molecular complexity index is 708. The molecule has 1 aliphatic heterocycles. The van der Waals surface area contributed by atoms with Crippen LogP contribution in [0.15, 0.2) is 42.6 Å². The zero-order chi connectivity index (χ0) is 18.4. The molecule has 0 unspecified atom stereocenters. The van der Waals surface area contributed by atoms with Gasteiger partial charge in [0.2, 0.25) is 5.88 Å². The van der Waals surface area contributed by atoms with Gasteiger partial charge in [-0.1, -0.05) is 17.7 Å². The third-order valence-corrected chi connectivity index (χ3v) is 4.36. The highest BCUT2D eigenvalue weighted by atomic mass is 16.5. The maximum Gasteiger partial charge on any atom is 0.262 e. The first-order valence-electron chi connectivity index (χ1n) is 8.89. The Hall–Kier alpha value is -2.60. The van der Waals surface area contributed by atoms with Gasteiger partial charge in [-0.2, -0.15) is 0 Å². The average Bonchev–Trinajstić information content (AvgIpc) is 2.65. The Morgan fingerprint density at radius 1 is 1.19 bits per heavy atom. The van der Waals surface area contributed by atoms with E-state index in [1.807, 2.05) is 31.2 Å². The lowest BCUT2D eigenvalue weighted by molar-refractivity contribution is -0.118. The Morgan fingerprint density at radius 3 is 2.58 bits per heavy atom. The molecule has 0 atom stereocenters. The fourth-order valence-corrected chi connectivity index (χ4v) is 2.78. The SMILES string of the molecule is Cc1ccc(OCC(=O)Nc2ccc(OC3CCN(C)CC3)nc2)cc1. The van der Waals surface area contributed by atoms with Gasteiger partial charge in [-0.15, -0.1) is 0 Å². The van der Waals surface area contributed by atoms with Crippen molar-refractivity contribution in [1.29, 1.82) is 0 Å². The Morgan fingerprint density at radius 2 is 1.92 bits per heavy atom. The summed E-state index contributed by atoms with van der Waals surface area (Å²) in [6.07, 6.45) is 3.83. The summed E-state index contributed by atoms with van der Waals surface area (Å²) in [7, 11) is 2.12. The molecule has 2 aromatic rings. The molecule has 0 spiro atoms. The van der Waals surface area contributed by atoms with Gasteiger partial charge in [-0.3, -0.25) is 4.79 Å². The summed E-state index contributed by atoms with van der Waals surface area (Å²) >= 11 is 0. The number of nitrogens with one attached hydrogen (secondary N) is 1. The number of rotatable bonds is 6. The van der Waals surface area contributed by atoms with Gasteiger partial charge in [-0.25, -0.2) is 4.98 Å². The molecule has 1 N–H and O–H groups in total. The zero-order valence-electron chi connectivity index (χ0n) is 15.3. The van der Waals surface area contributed by atoms with E-state index in [1.54, 1.807) is 18.3 Å². The number of aromatic nitrogens is 1. The molecule has 138 valence electrons. The number of aryl methyl sites for hydroxylation is 1. The van der Waals surface area contributed by atoms with Gasteiger partial charge in [0.25, 0.3) is 5.91 Å². The molecule has 1 aromatic heterocycles. The fourth-order valence-electron chi connectivity index (χ4n) is 2.78. The molecule has 6 nitrogen and oxygen atoms in total. The summed E-state index contributed by atoms with van der Waals surface area (Å²) in [5, 5.41) is 2.77. The van der Waals surface area contributed by atoms with Gasteiger partial charge in [0.05, 0.1) is 11.9 Å². The molecule has 1 amide bonds. The molecule has 0 bridgehead atoms. The third-order valence-electron chi connectivity index (χ3n) is 4.36. The maximum absolute atomic E-state index is 12.0. The van der Waals surface area contributed by atoms with Crippen molar-refractivity contribution in [2.24, 2.45) is 0 Å². The smallest absolute Gasteiger partial charge is 0.262 e. The van der Waals surface area contributed by atoms with Crippen LogP contribution < -0.4 is 14.8 Å². The number of ether oxygens (including phenoxy) is 2. The fraction of sp³-hybridized carbons (Fsp3) is 0.400. The lowest BCUT2D eigenvalue weighted by atomic mass is 10.1. The molecule has 1 aromatic carbocycles. The summed E-state index contributed by atoms with van der Waals surface area (Å²) in [6, 6.07) is 11.2. The summed E-state index contributed by atoms with van der Waals surface area (Å²) in [6.45, 7) is 4.04. The number of piperidine rings is 1. The van der Waals surface area contributed by atoms with Crippen LogP contribution in [0.2, 0.25) is 0 Å². The number of likely N-dealkylation sites (tertiary alicyclic amines) is 1. The van der Waals surface area contributed by atoms with Crippen LogP contribution in [0.1, 0.15) is 18.4 Å². The number of carbonyl (C=O) groups excluding carboxylic acids is 1. The highest BCUT2D eigenvalue weighted by Gasteiger charge is 2.18. The molecular weight excluding hydrogens is 330 g/mol. The van der Waals surface area contributed by atoms with Crippen LogP contribution in [0, 0.1) is 6.92 Å². The molecule has 0 radical (unpaired) electrons. The van der Waals surface area contributed by atoms with Crippen molar-refractivity contribution >= 4 is 11.6 Å². The molecule has 1 aliphatic rings. The molecule has 6 heteroatoms. The van der Waals surface area contributed by atoms with E-state index in [1.165, 1.54) is 0 Å². The van der Waals surface area contributed by atoms with Crippen LogP contribution in [-0.4, -0.2) is 48.6 Å². The van der Waals surface area contributed by atoms with E-state index in [2.05, 4.69) is 22.2 Å². The van der Waals surface area contributed by atoms with E-state index in [9.17, 15) is 4.79 Å². The monoisotopic (exact) mass is 355 g/mol. The first kappa shape index (κ1) is 18.2. The van der Waals surface area contributed by atoms with Gasteiger partial charge in [-0.05, 0) is 45.0 Å². The Labute approximate surface area is 154 Å². The summed E-state index contributed by atoms with van der Waals surface area (Å²) in [5.74, 6) is 1.04. The Balaban J connectivity index is 1.44. The minimum Gasteiger partial charge on any atom is -0.484 e. The molecule has 0 saturated carbocycles. The van der Waals surface area contributed by atoms with E-state index in [0.717, 1.165) is 31.5 Å². The van der Waals surface area contributed by atoms with Crippen LogP contribution in [0.3, 0.4) is 0 Å². The van der Waals surface area contributed by atoms with Gasteiger partial charge < -0.3 is 19.7 Å². The van der Waals surface area contributed by atoms with Crippen molar-refractivity contribution in [2.45, 2.75) is 25.9 Å². The first-order valence-corrected chi connectivity index (χ1v) is 8.89. The largest absolute Gasteiger partial charge is 0.484 e. The third kappa shape index (κ3) is 5.46. The van der Waals surface area contributed by atoms with Crippen LogP contribution >= 0.6 is 0 Å². The number of benzene rings is 1. The second-order valence-corrected chi connectivity index (χ2v) is 6.66. The average molecular weight is 355 g/mol. The van der Waals surface area contributed by atoms with E-state index < -0.39 is 0 Å². The van der Waals surface area contributed by atoms with Gasteiger partial charge >= 0.3 is 0 Å². The van der Waals surface area contributed by atoms with Crippen LogP contribution in [-0.2, 0) is 4.79 Å². The summed E-state index contributed by atoms with van der Waals surface area (Å²) < 4.78 is 11.4. The second-order valence-electron chi connectivity index (χ2n) is 6.66. The number of carbonyl (C=O) groups is 1. The number of hydrogen-bond acceptors (Lipinski definition) is 5. The number of amides is 1. The standard InChI is InChI=1S/C20H25N3O3/c1-15-3-6-17(7-4-15)25-14-19(24)22-16-5-8-20(21-13-16)26-18-9-11-23(2)12-10-18/h3-8,13,18H,9-12,14H2,1-2H3,(H,22,24). The van der Waals surface area contributed by atoms with E-state index in [-0.39, 0.29) is 18.6 Å². The number of anilines is 1.